The SMILES string of the molecule is Cc1[nH]nc(C2CCCC2)c1C(=O)O. The molecule has 14 heavy (non-hydrogen) atoms. The molecule has 2 rings (SSSR count). The Morgan fingerprint density at radius 2 is 2.14 bits per heavy atom. The number of nitrogens with one attached hydrogen (secondary N) is 1. The van der Waals surface area contributed by atoms with Gasteiger partial charge in [0.15, 0.2) is 0 Å². The van der Waals surface area contributed by atoms with Crippen molar-refractivity contribution in [2.75, 3.05) is 0 Å². The highest BCUT2D eigenvalue weighted by Gasteiger charge is 2.26. The van der Waals surface area contributed by atoms with Crippen molar-refractivity contribution >= 4 is 5.97 Å². The molecule has 0 aromatic carbocycles. The highest BCUT2D eigenvalue weighted by molar-refractivity contribution is 5.90. The maximum Gasteiger partial charge on any atom is 0.339 e. The molecule has 1 saturated carbocycles. The number of hydrogen-bond acceptors (Lipinski definition) is 2. The van der Waals surface area contributed by atoms with E-state index in [0.29, 0.717) is 17.2 Å². The van der Waals surface area contributed by atoms with E-state index in [1.165, 1.54) is 12.8 Å². The van der Waals surface area contributed by atoms with Gasteiger partial charge in [0.25, 0.3) is 0 Å². The van der Waals surface area contributed by atoms with Crippen molar-refractivity contribution in [2.45, 2.75) is 38.5 Å². The number of hydrogen-bond donors (Lipinski definition) is 2. The van der Waals surface area contributed by atoms with Crippen LogP contribution in [0, 0.1) is 6.92 Å². The van der Waals surface area contributed by atoms with E-state index in [4.69, 9.17) is 5.11 Å². The third-order valence-corrected chi connectivity index (χ3v) is 2.93. The van der Waals surface area contributed by atoms with Crippen molar-refractivity contribution < 1.29 is 9.90 Å². The molecule has 1 aliphatic rings. The van der Waals surface area contributed by atoms with Crippen LogP contribution < -0.4 is 0 Å². The topological polar surface area (TPSA) is 66.0 Å². The molecule has 1 aromatic heterocycles. The van der Waals surface area contributed by atoms with Gasteiger partial charge in [0, 0.05) is 11.6 Å². The maximum absolute atomic E-state index is 11.0. The minimum Gasteiger partial charge on any atom is -0.478 e. The van der Waals surface area contributed by atoms with Crippen molar-refractivity contribution in [3.05, 3.63) is 17.0 Å². The molecule has 0 radical (unpaired) electrons. The zero-order valence-electron chi connectivity index (χ0n) is 8.21. The Morgan fingerprint density at radius 3 is 2.71 bits per heavy atom. The largest absolute Gasteiger partial charge is 0.478 e. The van der Waals surface area contributed by atoms with Gasteiger partial charge >= 0.3 is 5.97 Å². The number of carboxylic acids is 1. The normalized spacial score (nSPS) is 17.5. The van der Waals surface area contributed by atoms with Crippen LogP contribution in [0.1, 0.15) is 53.3 Å². The molecule has 0 saturated heterocycles. The van der Waals surface area contributed by atoms with Gasteiger partial charge in [0.2, 0.25) is 0 Å². The summed E-state index contributed by atoms with van der Waals surface area (Å²) in [5.74, 6) is -0.510. The molecule has 1 fully saturated rings. The number of nitrogens with zero attached hydrogens (tertiary/aromatic N) is 1. The molecule has 0 bridgehead atoms. The van der Waals surface area contributed by atoms with Crippen LogP contribution in [0.5, 0.6) is 0 Å². The summed E-state index contributed by atoms with van der Waals surface area (Å²) in [6, 6.07) is 0. The van der Waals surface area contributed by atoms with Crippen LogP contribution in [0.4, 0.5) is 0 Å². The van der Waals surface area contributed by atoms with E-state index in [1.54, 1.807) is 6.92 Å². The van der Waals surface area contributed by atoms with Gasteiger partial charge in [0.1, 0.15) is 5.56 Å². The molecule has 4 heteroatoms. The Balaban J connectivity index is 2.37. The summed E-state index contributed by atoms with van der Waals surface area (Å²) in [5, 5.41) is 15.9. The summed E-state index contributed by atoms with van der Waals surface area (Å²) in [5.41, 5.74) is 1.81. The smallest absolute Gasteiger partial charge is 0.339 e. The predicted molar refractivity (Wildman–Crippen MR) is 51.5 cm³/mol. The van der Waals surface area contributed by atoms with E-state index in [0.717, 1.165) is 18.5 Å². The fourth-order valence-corrected chi connectivity index (χ4v) is 2.21. The minimum atomic E-state index is -0.863. The van der Waals surface area contributed by atoms with E-state index in [1.807, 2.05) is 0 Å². The number of rotatable bonds is 2. The number of aryl methyl sites for hydroxylation is 1. The maximum atomic E-state index is 11.0. The average molecular weight is 194 g/mol. The van der Waals surface area contributed by atoms with Crippen molar-refractivity contribution in [3.63, 3.8) is 0 Å². The summed E-state index contributed by atoms with van der Waals surface area (Å²) in [7, 11) is 0. The zero-order valence-corrected chi connectivity index (χ0v) is 8.21. The van der Waals surface area contributed by atoms with Gasteiger partial charge < -0.3 is 5.11 Å². The summed E-state index contributed by atoms with van der Waals surface area (Å²) in [6.45, 7) is 1.76. The van der Waals surface area contributed by atoms with Gasteiger partial charge in [-0.2, -0.15) is 5.10 Å². The van der Waals surface area contributed by atoms with Crippen molar-refractivity contribution in [3.8, 4) is 0 Å². The first-order valence-corrected chi connectivity index (χ1v) is 4.98. The van der Waals surface area contributed by atoms with Crippen LogP contribution >= 0.6 is 0 Å². The second-order valence-electron chi connectivity index (χ2n) is 3.90. The van der Waals surface area contributed by atoms with Crippen molar-refractivity contribution in [1.29, 1.82) is 0 Å². The molecule has 4 nitrogen and oxygen atoms in total. The number of carbonyl (C=O) groups is 1. The fraction of sp³-hybridized carbons (Fsp3) is 0.600. The van der Waals surface area contributed by atoms with Crippen molar-refractivity contribution in [1.82, 2.24) is 10.2 Å². The molecule has 76 valence electrons. The lowest BCUT2D eigenvalue weighted by atomic mass is 9.99. The molecule has 2 N–H and O–H groups in total. The van der Waals surface area contributed by atoms with E-state index >= 15 is 0 Å². The van der Waals surface area contributed by atoms with Crippen LogP contribution in [-0.4, -0.2) is 21.3 Å². The molecular formula is C10H14N2O2. The van der Waals surface area contributed by atoms with Crippen LogP contribution in [0.3, 0.4) is 0 Å². The Labute approximate surface area is 82.3 Å². The van der Waals surface area contributed by atoms with Gasteiger partial charge in [-0.3, -0.25) is 5.10 Å². The predicted octanol–water partition coefficient (Wildman–Crippen LogP) is 2.07. The second kappa shape index (κ2) is 3.44. The van der Waals surface area contributed by atoms with Gasteiger partial charge in [-0.15, -0.1) is 0 Å². The first kappa shape index (κ1) is 9.24. The highest BCUT2D eigenvalue weighted by atomic mass is 16.4. The highest BCUT2D eigenvalue weighted by Crippen LogP contribution is 2.35. The Kier molecular flexibility index (Phi) is 2.27. The number of carboxylic acid groups (broad SMARTS) is 1. The molecule has 1 aromatic rings. The monoisotopic (exact) mass is 194 g/mol. The van der Waals surface area contributed by atoms with Crippen LogP contribution in [0.2, 0.25) is 0 Å². The lowest BCUT2D eigenvalue weighted by Gasteiger charge is -2.05. The number of aromatic carboxylic acids is 1. The zero-order chi connectivity index (χ0) is 10.1. The van der Waals surface area contributed by atoms with E-state index in [2.05, 4.69) is 10.2 Å². The van der Waals surface area contributed by atoms with Gasteiger partial charge in [-0.05, 0) is 19.8 Å². The first-order valence-electron chi connectivity index (χ1n) is 4.98. The summed E-state index contributed by atoms with van der Waals surface area (Å²) < 4.78 is 0. The molecule has 0 atom stereocenters. The molecule has 0 amide bonds. The molecule has 1 aliphatic carbocycles. The summed E-state index contributed by atoms with van der Waals surface area (Å²) in [6.07, 6.45) is 4.53. The minimum absolute atomic E-state index is 0.353. The molecule has 0 unspecified atom stereocenters. The van der Waals surface area contributed by atoms with Crippen molar-refractivity contribution in [2.24, 2.45) is 0 Å². The van der Waals surface area contributed by atoms with E-state index < -0.39 is 5.97 Å². The summed E-state index contributed by atoms with van der Waals surface area (Å²) in [4.78, 5) is 11.0. The number of H-pyrrole nitrogens is 1. The first-order chi connectivity index (χ1) is 6.70. The molecule has 0 aliphatic heterocycles. The summed E-state index contributed by atoms with van der Waals surface area (Å²) >= 11 is 0. The number of aromatic nitrogens is 2. The van der Waals surface area contributed by atoms with Crippen LogP contribution in [0.15, 0.2) is 0 Å². The lowest BCUT2D eigenvalue weighted by molar-refractivity contribution is 0.0694. The van der Waals surface area contributed by atoms with E-state index in [9.17, 15) is 4.79 Å². The Morgan fingerprint density at radius 1 is 1.50 bits per heavy atom. The fourth-order valence-electron chi connectivity index (χ4n) is 2.21. The number of aromatic amines is 1. The lowest BCUT2D eigenvalue weighted by Crippen LogP contribution is -2.04. The van der Waals surface area contributed by atoms with Gasteiger partial charge in [-0.25, -0.2) is 4.79 Å². The van der Waals surface area contributed by atoms with E-state index in [-0.39, 0.29) is 0 Å². The third-order valence-electron chi connectivity index (χ3n) is 2.93. The van der Waals surface area contributed by atoms with Crippen LogP contribution in [-0.2, 0) is 0 Å². The Hall–Kier alpha value is -1.32. The molecular weight excluding hydrogens is 180 g/mol. The van der Waals surface area contributed by atoms with Gasteiger partial charge in [-0.1, -0.05) is 12.8 Å². The van der Waals surface area contributed by atoms with Crippen LogP contribution in [0.25, 0.3) is 0 Å². The Bertz CT molecular complexity index is 351. The molecule has 0 spiro atoms. The average Bonchev–Trinajstić information content (AvgIpc) is 2.70. The second-order valence-corrected chi connectivity index (χ2v) is 3.90. The third kappa shape index (κ3) is 1.41. The molecule has 1 heterocycles. The standard InChI is InChI=1S/C10H14N2O2/c1-6-8(10(13)14)9(12-11-6)7-4-2-3-5-7/h7H,2-5H2,1H3,(H,11,12)(H,13,14). The quantitative estimate of drug-likeness (QED) is 0.757. The van der Waals surface area contributed by atoms with Gasteiger partial charge in [0.05, 0.1) is 5.69 Å².